The van der Waals surface area contributed by atoms with Crippen molar-refractivity contribution < 1.29 is 32.6 Å². The van der Waals surface area contributed by atoms with Gasteiger partial charge in [0, 0.05) is 36.0 Å². The van der Waals surface area contributed by atoms with E-state index in [0.717, 1.165) is 11.1 Å². The van der Waals surface area contributed by atoms with Gasteiger partial charge in [-0.05, 0) is 61.9 Å². The van der Waals surface area contributed by atoms with Gasteiger partial charge < -0.3 is 25.8 Å². The van der Waals surface area contributed by atoms with Crippen molar-refractivity contribution in [3.63, 3.8) is 0 Å². The number of hydrogen-bond donors (Lipinski definition) is 4. The Balaban J connectivity index is 1.45. The van der Waals surface area contributed by atoms with Gasteiger partial charge in [-0.15, -0.1) is 5.10 Å². The second kappa shape index (κ2) is 11.8. The molecule has 2 aromatic heterocycles. The molecule has 41 heavy (non-hydrogen) atoms. The van der Waals surface area contributed by atoms with E-state index < -0.39 is 30.7 Å². The molecule has 4 aromatic rings. The van der Waals surface area contributed by atoms with Crippen LogP contribution in [-0.4, -0.2) is 63.5 Å². The molecule has 13 heteroatoms. The monoisotopic (exact) mass is 570 g/mol. The van der Waals surface area contributed by atoms with Crippen LogP contribution in [0.4, 0.5) is 24.8 Å². The molecule has 4 rings (SSSR count). The lowest BCUT2D eigenvalue weighted by Crippen LogP contribution is -2.38. The van der Waals surface area contributed by atoms with Crippen molar-refractivity contribution in [3.8, 4) is 16.9 Å². The number of hydrogen-bond acceptors (Lipinski definition) is 7. The summed E-state index contributed by atoms with van der Waals surface area (Å²) in [5, 5.41) is 22.3. The van der Waals surface area contributed by atoms with Crippen LogP contribution in [-0.2, 0) is 0 Å². The molecule has 0 fully saturated rings. The quantitative estimate of drug-likeness (QED) is 0.223. The van der Waals surface area contributed by atoms with E-state index in [4.69, 9.17) is 4.74 Å². The number of anilines is 2. The van der Waals surface area contributed by atoms with E-state index in [-0.39, 0.29) is 24.0 Å². The van der Waals surface area contributed by atoms with Gasteiger partial charge in [0.15, 0.2) is 5.65 Å². The van der Waals surface area contributed by atoms with Crippen LogP contribution < -0.4 is 20.7 Å². The third-order valence-electron chi connectivity index (χ3n) is 5.90. The third-order valence-corrected chi connectivity index (χ3v) is 5.90. The van der Waals surface area contributed by atoms with Crippen LogP contribution in [0.2, 0.25) is 0 Å². The van der Waals surface area contributed by atoms with Gasteiger partial charge in [0.25, 0.3) is 11.8 Å². The Hall–Kier alpha value is -4.65. The molecule has 2 amide bonds. The molecule has 0 saturated heterocycles. The minimum atomic E-state index is -4.33. The molecule has 0 bridgehead atoms. The zero-order valence-corrected chi connectivity index (χ0v) is 22.5. The predicted molar refractivity (Wildman–Crippen MR) is 146 cm³/mol. The number of ether oxygens (including phenoxy) is 1. The molecule has 0 saturated carbocycles. The second-order valence-electron chi connectivity index (χ2n) is 9.89. The van der Waals surface area contributed by atoms with E-state index >= 15 is 0 Å². The summed E-state index contributed by atoms with van der Waals surface area (Å²) in [6.07, 6.45) is -3.68. The fraction of sp³-hybridized carbons (Fsp3) is 0.286. The standard InChI is InChI=1S/C28H29F3N6O4/c1-27(2,40)16-33-25(39)19-8-10-21(22(14-19)41-3)34-26-35-23-11-9-20(15-37(23)36-26)17-4-6-18(7-5-17)24(38)32-13-12-28(29,30)31/h4-11,14-15,40H,12-13,16H2,1-3H3,(H,32,38)(H,33,39)(H,34,36). The van der Waals surface area contributed by atoms with Crippen molar-refractivity contribution in [2.45, 2.75) is 32.0 Å². The fourth-order valence-corrected chi connectivity index (χ4v) is 3.80. The smallest absolute Gasteiger partial charge is 0.390 e. The molecule has 216 valence electrons. The highest BCUT2D eigenvalue weighted by molar-refractivity contribution is 5.95. The number of benzene rings is 2. The van der Waals surface area contributed by atoms with E-state index in [1.807, 2.05) is 6.07 Å². The molecule has 0 aliphatic carbocycles. The van der Waals surface area contributed by atoms with Crippen molar-refractivity contribution in [2.24, 2.45) is 0 Å². The molecular weight excluding hydrogens is 541 g/mol. The minimum Gasteiger partial charge on any atom is -0.495 e. The first kappa shape index (κ1) is 29.3. The number of pyridine rings is 1. The van der Waals surface area contributed by atoms with Gasteiger partial charge in [0.2, 0.25) is 5.95 Å². The number of methoxy groups -OCH3 is 1. The molecule has 0 radical (unpaired) electrons. The number of halogens is 3. The average molecular weight is 571 g/mol. The maximum atomic E-state index is 12.4. The van der Waals surface area contributed by atoms with Crippen molar-refractivity contribution in [1.29, 1.82) is 0 Å². The van der Waals surface area contributed by atoms with Gasteiger partial charge in [0.1, 0.15) is 5.75 Å². The minimum absolute atomic E-state index is 0.0894. The first-order chi connectivity index (χ1) is 19.3. The van der Waals surface area contributed by atoms with E-state index in [9.17, 15) is 27.9 Å². The predicted octanol–water partition coefficient (Wildman–Crippen LogP) is 4.33. The number of fused-ring (bicyclic) bond motifs is 1. The number of alkyl halides is 3. The Kier molecular flexibility index (Phi) is 8.47. The molecule has 0 spiro atoms. The van der Waals surface area contributed by atoms with E-state index in [0.29, 0.717) is 22.6 Å². The maximum Gasteiger partial charge on any atom is 0.390 e. The molecule has 0 atom stereocenters. The molecule has 10 nitrogen and oxygen atoms in total. The largest absolute Gasteiger partial charge is 0.495 e. The summed E-state index contributed by atoms with van der Waals surface area (Å²) in [7, 11) is 1.47. The molecular formula is C28H29F3N6O4. The Bertz CT molecular complexity index is 1550. The first-order valence-electron chi connectivity index (χ1n) is 12.6. The number of aliphatic hydroxyl groups is 1. The van der Waals surface area contributed by atoms with Gasteiger partial charge >= 0.3 is 6.18 Å². The lowest BCUT2D eigenvalue weighted by molar-refractivity contribution is -0.133. The highest BCUT2D eigenvalue weighted by Gasteiger charge is 2.26. The van der Waals surface area contributed by atoms with Gasteiger partial charge in [-0.2, -0.15) is 18.2 Å². The highest BCUT2D eigenvalue weighted by Crippen LogP contribution is 2.28. The molecule has 0 unspecified atom stereocenters. The Labute approximate surface area is 233 Å². The molecule has 4 N–H and O–H groups in total. The SMILES string of the molecule is COc1cc(C(=O)NCC(C)(C)O)ccc1Nc1nc2ccc(-c3ccc(C(=O)NCCC(F)(F)F)cc3)cn2n1. The second-order valence-corrected chi connectivity index (χ2v) is 9.89. The summed E-state index contributed by atoms with van der Waals surface area (Å²) >= 11 is 0. The van der Waals surface area contributed by atoms with E-state index in [2.05, 4.69) is 26.0 Å². The molecule has 2 aromatic carbocycles. The summed E-state index contributed by atoms with van der Waals surface area (Å²) in [4.78, 5) is 29.0. The zero-order chi connectivity index (χ0) is 29.8. The van der Waals surface area contributed by atoms with Crippen LogP contribution in [0.25, 0.3) is 16.8 Å². The summed E-state index contributed by atoms with van der Waals surface area (Å²) in [5.74, 6) is -0.263. The van der Waals surface area contributed by atoms with Crippen LogP contribution >= 0.6 is 0 Å². The van der Waals surface area contributed by atoms with Crippen LogP contribution in [0.1, 0.15) is 41.0 Å². The first-order valence-corrected chi connectivity index (χ1v) is 12.6. The van der Waals surface area contributed by atoms with Crippen molar-refractivity contribution >= 4 is 29.1 Å². The van der Waals surface area contributed by atoms with Crippen LogP contribution in [0.3, 0.4) is 0 Å². The zero-order valence-electron chi connectivity index (χ0n) is 22.5. The lowest BCUT2D eigenvalue weighted by Gasteiger charge is -2.18. The number of carbonyl (C=O) groups excluding carboxylic acids is 2. The number of aromatic nitrogens is 3. The van der Waals surface area contributed by atoms with Gasteiger partial charge in [0.05, 0.1) is 24.8 Å². The van der Waals surface area contributed by atoms with Crippen LogP contribution in [0, 0.1) is 0 Å². The molecule has 0 aliphatic rings. The van der Waals surface area contributed by atoms with Gasteiger partial charge in [-0.1, -0.05) is 12.1 Å². The molecule has 2 heterocycles. The highest BCUT2D eigenvalue weighted by atomic mass is 19.4. The number of nitrogens with zero attached hydrogens (tertiary/aromatic N) is 3. The number of rotatable bonds is 10. The summed E-state index contributed by atoms with van der Waals surface area (Å²) in [6.45, 7) is 2.79. The Morgan fingerprint density at radius 3 is 2.27 bits per heavy atom. The van der Waals surface area contributed by atoms with E-state index in [1.54, 1.807) is 61.0 Å². The molecule has 0 aliphatic heterocycles. The maximum absolute atomic E-state index is 12.4. The topological polar surface area (TPSA) is 130 Å². The average Bonchev–Trinajstić information content (AvgIpc) is 3.32. The fourth-order valence-electron chi connectivity index (χ4n) is 3.80. The summed E-state index contributed by atoms with van der Waals surface area (Å²) < 4.78 is 43.9. The van der Waals surface area contributed by atoms with Gasteiger partial charge in [-0.25, -0.2) is 4.52 Å². The number of carbonyl (C=O) groups is 2. The summed E-state index contributed by atoms with van der Waals surface area (Å²) in [6, 6.07) is 14.9. The summed E-state index contributed by atoms with van der Waals surface area (Å²) in [5.41, 5.74) is 2.19. The van der Waals surface area contributed by atoms with Crippen molar-refractivity contribution in [1.82, 2.24) is 25.2 Å². The van der Waals surface area contributed by atoms with Crippen LogP contribution in [0.5, 0.6) is 5.75 Å². The van der Waals surface area contributed by atoms with Crippen molar-refractivity contribution in [2.75, 3.05) is 25.5 Å². The van der Waals surface area contributed by atoms with Crippen LogP contribution in [0.15, 0.2) is 60.8 Å². The van der Waals surface area contributed by atoms with Gasteiger partial charge in [-0.3, -0.25) is 9.59 Å². The number of nitrogens with one attached hydrogen (secondary N) is 3. The normalized spacial score (nSPS) is 11.8. The lowest BCUT2D eigenvalue weighted by atomic mass is 10.1. The third kappa shape index (κ3) is 7.94. The van der Waals surface area contributed by atoms with Crippen molar-refractivity contribution in [3.05, 3.63) is 71.9 Å². The Morgan fingerprint density at radius 1 is 0.951 bits per heavy atom. The van der Waals surface area contributed by atoms with E-state index in [1.165, 1.54) is 19.2 Å². The Morgan fingerprint density at radius 2 is 1.61 bits per heavy atom. The number of amides is 2.